The summed E-state index contributed by atoms with van der Waals surface area (Å²) in [5.74, 6) is 0.0111. The van der Waals surface area contributed by atoms with Crippen LogP contribution in [0, 0.1) is 11.8 Å². The van der Waals surface area contributed by atoms with Gasteiger partial charge in [0.15, 0.2) is 12.3 Å². The molecule has 2 aromatic rings. The summed E-state index contributed by atoms with van der Waals surface area (Å²) >= 11 is 0. The Morgan fingerprint density at radius 2 is 1.61 bits per heavy atom. The Kier molecular flexibility index (Phi) is 8.10. The number of oxime groups is 1. The first-order valence-electron chi connectivity index (χ1n) is 15.4. The van der Waals surface area contributed by atoms with Crippen LogP contribution in [0.1, 0.15) is 95.2 Å². The van der Waals surface area contributed by atoms with E-state index in [0.29, 0.717) is 23.6 Å². The van der Waals surface area contributed by atoms with Gasteiger partial charge in [-0.15, -0.1) is 0 Å². The highest BCUT2D eigenvalue weighted by atomic mass is 16.6. The number of aromatic nitrogens is 2. The Morgan fingerprint density at radius 3 is 2.29 bits per heavy atom. The van der Waals surface area contributed by atoms with Crippen molar-refractivity contribution in [3.63, 3.8) is 0 Å². The number of amides is 1. The van der Waals surface area contributed by atoms with Crippen LogP contribution in [0.4, 0.5) is 0 Å². The van der Waals surface area contributed by atoms with E-state index in [4.69, 9.17) is 10.6 Å². The first-order valence-corrected chi connectivity index (χ1v) is 15.4. The average Bonchev–Trinajstić information content (AvgIpc) is 2.93. The molecule has 2 saturated carbocycles. The van der Waals surface area contributed by atoms with Crippen molar-refractivity contribution in [2.75, 3.05) is 6.61 Å². The molecule has 2 saturated heterocycles. The smallest absolute Gasteiger partial charge is 0.303 e. The molecule has 1 aromatic carbocycles. The Hall–Kier alpha value is -3.27. The third-order valence-corrected chi connectivity index (χ3v) is 9.92. The van der Waals surface area contributed by atoms with Crippen LogP contribution in [0.2, 0.25) is 0 Å². The molecule has 220 valence electrons. The van der Waals surface area contributed by atoms with Gasteiger partial charge >= 0.3 is 5.97 Å². The molecule has 2 aliphatic heterocycles. The molecule has 10 nitrogen and oxygen atoms in total. The third-order valence-electron chi connectivity index (χ3n) is 9.92. The van der Waals surface area contributed by atoms with Crippen molar-refractivity contribution in [2.24, 2.45) is 22.7 Å². The third kappa shape index (κ3) is 5.89. The van der Waals surface area contributed by atoms with Crippen LogP contribution in [0.3, 0.4) is 0 Å². The van der Waals surface area contributed by atoms with Gasteiger partial charge in [-0.1, -0.05) is 43.0 Å². The van der Waals surface area contributed by atoms with E-state index >= 15 is 0 Å². The van der Waals surface area contributed by atoms with Crippen molar-refractivity contribution in [3.05, 3.63) is 40.3 Å². The number of hydrogen-bond donors (Lipinski definition) is 2. The van der Waals surface area contributed by atoms with E-state index in [0.717, 1.165) is 43.0 Å². The second-order valence-electron chi connectivity index (χ2n) is 12.6. The van der Waals surface area contributed by atoms with E-state index < -0.39 is 18.5 Å². The van der Waals surface area contributed by atoms with Crippen LogP contribution in [0.5, 0.6) is 0 Å². The van der Waals surface area contributed by atoms with Crippen molar-refractivity contribution in [1.29, 1.82) is 0 Å². The van der Waals surface area contributed by atoms with Gasteiger partial charge < -0.3 is 20.2 Å². The highest BCUT2D eigenvalue weighted by Crippen LogP contribution is 2.47. The number of aliphatic carboxylic acids is 1. The maximum Gasteiger partial charge on any atom is 0.303 e. The van der Waals surface area contributed by atoms with Gasteiger partial charge in [0.25, 0.3) is 11.5 Å². The molecule has 4 aliphatic rings. The van der Waals surface area contributed by atoms with Crippen molar-refractivity contribution < 1.29 is 19.5 Å². The molecule has 1 aromatic heterocycles. The van der Waals surface area contributed by atoms with Crippen LogP contribution < -0.4 is 11.3 Å². The minimum atomic E-state index is -1.03. The van der Waals surface area contributed by atoms with Gasteiger partial charge in [0.1, 0.15) is 5.71 Å². The summed E-state index contributed by atoms with van der Waals surface area (Å²) in [4.78, 5) is 49.4. The van der Waals surface area contributed by atoms with Crippen LogP contribution in [-0.4, -0.2) is 61.9 Å². The number of piperidine rings is 2. The number of nitrogens with two attached hydrogens (primary N) is 1. The van der Waals surface area contributed by atoms with Gasteiger partial charge in [0.05, 0.1) is 17.5 Å². The Labute approximate surface area is 239 Å². The van der Waals surface area contributed by atoms with E-state index in [1.54, 1.807) is 0 Å². The molecule has 41 heavy (non-hydrogen) atoms. The Balaban J connectivity index is 1.34. The first-order chi connectivity index (χ1) is 19.9. The number of carbonyl (C=O) groups excluding carboxylic acids is 1. The molecule has 3 heterocycles. The summed E-state index contributed by atoms with van der Waals surface area (Å²) < 4.78 is 1.89. The van der Waals surface area contributed by atoms with E-state index in [1.807, 2.05) is 28.8 Å². The molecular weight excluding hydrogens is 522 g/mol. The molecule has 1 amide bonds. The van der Waals surface area contributed by atoms with E-state index in [-0.39, 0.29) is 35.8 Å². The fourth-order valence-corrected chi connectivity index (χ4v) is 8.45. The molecule has 0 spiro atoms. The van der Waals surface area contributed by atoms with E-state index in [1.165, 1.54) is 44.9 Å². The Bertz CT molecular complexity index is 1360. The number of rotatable bonds is 9. The number of carboxylic acids is 1. The highest BCUT2D eigenvalue weighted by molar-refractivity contribution is 6.00. The summed E-state index contributed by atoms with van der Waals surface area (Å²) in [7, 11) is 0. The minimum Gasteiger partial charge on any atom is -0.481 e. The molecule has 6 rings (SSSR count). The van der Waals surface area contributed by atoms with Crippen molar-refractivity contribution in [3.8, 4) is 0 Å². The number of carbonyl (C=O) groups is 2. The zero-order valence-corrected chi connectivity index (χ0v) is 23.6. The number of nitrogens with zero attached hydrogens (tertiary/aromatic N) is 4. The quantitative estimate of drug-likeness (QED) is 0.347. The number of para-hydroxylation sites is 2. The predicted molar refractivity (Wildman–Crippen MR) is 155 cm³/mol. The van der Waals surface area contributed by atoms with Gasteiger partial charge in [0.2, 0.25) is 0 Å². The number of primary amides is 1. The van der Waals surface area contributed by atoms with Crippen molar-refractivity contribution >= 4 is 28.6 Å². The predicted octanol–water partition coefficient (Wildman–Crippen LogP) is 3.99. The number of hydrogen-bond acceptors (Lipinski definition) is 7. The van der Waals surface area contributed by atoms with E-state index in [2.05, 4.69) is 15.0 Å². The lowest BCUT2D eigenvalue weighted by Gasteiger charge is -2.55. The topological polar surface area (TPSA) is 140 Å². The summed E-state index contributed by atoms with van der Waals surface area (Å²) in [6.45, 7) is -0.469. The summed E-state index contributed by atoms with van der Waals surface area (Å²) in [6, 6.07) is 9.19. The lowest BCUT2D eigenvalue weighted by atomic mass is 9.68. The molecule has 3 N–H and O–H groups in total. The number of benzene rings is 1. The second-order valence-corrected chi connectivity index (χ2v) is 12.6. The lowest BCUT2D eigenvalue weighted by Crippen LogP contribution is -2.58. The fourth-order valence-electron chi connectivity index (χ4n) is 8.45. The first kappa shape index (κ1) is 27.9. The molecule has 4 fully saturated rings. The second kappa shape index (κ2) is 11.9. The fraction of sp³-hybridized carbons (Fsp3) is 0.645. The standard InChI is InChI=1S/C31H41N5O5/c32-28(37)18-41-34-26(11-12-29(38)39)30-31(40)36(27-10-2-1-9-25(27)33-30)24-16-21-7-4-8-22(17-24)35(21)23-14-19-5-3-6-20(13-19)15-23/h1-2,9-10,19-24H,3-8,11-18H2,(H2,32,37)(H,38,39)/b34-26+/t19-,20+,21-,22+,23+,24+. The number of carboxylic acid groups (broad SMARTS) is 1. The van der Waals surface area contributed by atoms with Crippen LogP contribution in [-0.2, 0) is 14.4 Å². The van der Waals surface area contributed by atoms with Gasteiger partial charge in [-0.2, -0.15) is 0 Å². The normalized spacial score (nSPS) is 30.2. The zero-order valence-electron chi connectivity index (χ0n) is 23.6. The largest absolute Gasteiger partial charge is 0.481 e. The molecule has 10 heteroatoms. The zero-order chi connectivity index (χ0) is 28.5. The van der Waals surface area contributed by atoms with Gasteiger partial charge in [-0.25, -0.2) is 4.98 Å². The monoisotopic (exact) mass is 563 g/mol. The van der Waals surface area contributed by atoms with Crippen molar-refractivity contribution in [1.82, 2.24) is 14.5 Å². The minimum absolute atomic E-state index is 0.0102. The highest BCUT2D eigenvalue weighted by Gasteiger charge is 2.45. The molecule has 4 bridgehead atoms. The van der Waals surface area contributed by atoms with Crippen LogP contribution >= 0.6 is 0 Å². The molecule has 0 unspecified atom stereocenters. The Morgan fingerprint density at radius 1 is 0.927 bits per heavy atom. The average molecular weight is 564 g/mol. The van der Waals surface area contributed by atoms with Gasteiger partial charge in [-0.05, 0) is 68.9 Å². The summed E-state index contributed by atoms with van der Waals surface area (Å²) in [6.07, 6.45) is 13.3. The molecule has 6 atom stereocenters. The molecule has 0 radical (unpaired) electrons. The number of fused-ring (bicyclic) bond motifs is 5. The van der Waals surface area contributed by atoms with Crippen LogP contribution in [0.15, 0.2) is 34.2 Å². The maximum absolute atomic E-state index is 14.2. The maximum atomic E-state index is 14.2. The summed E-state index contributed by atoms with van der Waals surface area (Å²) in [5.41, 5.74) is 6.51. The van der Waals surface area contributed by atoms with Gasteiger partial charge in [0, 0.05) is 30.6 Å². The van der Waals surface area contributed by atoms with E-state index in [9.17, 15) is 19.5 Å². The van der Waals surface area contributed by atoms with Crippen LogP contribution in [0.25, 0.3) is 11.0 Å². The SMILES string of the molecule is NC(=O)CO/N=C(\CCC(=O)O)c1nc2ccccc2n([C@H]2C[C@H]3CCC[C@@H](C2)N3[C@H]2C[C@@H]3CCC[C@@H](C3)C2)c1=O. The lowest BCUT2D eigenvalue weighted by molar-refractivity contribution is -0.136. The molecular formula is C31H41N5O5. The summed E-state index contributed by atoms with van der Waals surface area (Å²) in [5, 5.41) is 13.3. The molecule has 2 aliphatic carbocycles. The van der Waals surface area contributed by atoms with Gasteiger partial charge in [-0.3, -0.25) is 19.3 Å². The van der Waals surface area contributed by atoms with Crippen molar-refractivity contribution in [2.45, 2.75) is 108 Å².